The Balaban J connectivity index is 2.11. The maximum absolute atomic E-state index is 9.54. The lowest BCUT2D eigenvalue weighted by Crippen LogP contribution is -2.21. The first-order valence-corrected chi connectivity index (χ1v) is 10.3. The second kappa shape index (κ2) is 10.5. The van der Waals surface area contributed by atoms with Crippen LogP contribution in [0.4, 0.5) is 0 Å². The Morgan fingerprint density at radius 2 is 1.57 bits per heavy atom. The van der Waals surface area contributed by atoms with Crippen molar-refractivity contribution in [2.24, 2.45) is 0 Å². The highest BCUT2D eigenvalue weighted by Crippen LogP contribution is 2.36. The molecule has 5 nitrogen and oxygen atoms in total. The molecule has 7 heteroatoms. The van der Waals surface area contributed by atoms with Gasteiger partial charge in [-0.3, -0.25) is 0 Å². The average molecular weight is 474 g/mol. The molecule has 0 saturated heterocycles. The Labute approximate surface area is 179 Å². The van der Waals surface area contributed by atoms with Gasteiger partial charge in [0.1, 0.15) is 36.9 Å². The third-order valence-electron chi connectivity index (χ3n) is 4.49. The van der Waals surface area contributed by atoms with Gasteiger partial charge in [-0.2, -0.15) is 0 Å². The maximum Gasteiger partial charge on any atom is 0.133 e. The van der Waals surface area contributed by atoms with Crippen LogP contribution in [-0.2, 0) is 5.41 Å². The van der Waals surface area contributed by atoms with Crippen LogP contribution in [0.15, 0.2) is 46.9 Å². The van der Waals surface area contributed by atoms with Crippen LogP contribution in [0.25, 0.3) is 0 Å². The van der Waals surface area contributed by atoms with Gasteiger partial charge in [0.2, 0.25) is 0 Å². The van der Waals surface area contributed by atoms with Crippen LogP contribution >= 0.6 is 27.5 Å². The average Bonchev–Trinajstić information content (AvgIpc) is 2.70. The summed E-state index contributed by atoms with van der Waals surface area (Å²) in [6.07, 6.45) is -1.59. The molecule has 0 fully saturated rings. The smallest absolute Gasteiger partial charge is 0.133 e. The molecule has 0 aliphatic carbocycles. The van der Waals surface area contributed by atoms with Gasteiger partial charge in [-0.1, -0.05) is 32.0 Å². The molecule has 0 aliphatic rings. The fourth-order valence-corrected chi connectivity index (χ4v) is 3.20. The third-order valence-corrected chi connectivity index (χ3v) is 5.47. The van der Waals surface area contributed by atoms with Crippen molar-refractivity contribution in [2.75, 3.05) is 25.7 Å². The second-order valence-corrected chi connectivity index (χ2v) is 8.22. The number of hydrogen-bond acceptors (Lipinski definition) is 5. The van der Waals surface area contributed by atoms with E-state index in [1.807, 2.05) is 42.5 Å². The first kappa shape index (κ1) is 23.0. The predicted octanol–water partition coefficient (Wildman–Crippen LogP) is 3.49. The van der Waals surface area contributed by atoms with E-state index in [0.717, 1.165) is 15.6 Å². The molecule has 0 amide bonds. The molecule has 2 unspecified atom stereocenters. The van der Waals surface area contributed by atoms with Gasteiger partial charge in [-0.05, 0) is 51.3 Å². The number of ether oxygens (including phenoxy) is 2. The van der Waals surface area contributed by atoms with Gasteiger partial charge in [0.25, 0.3) is 0 Å². The summed E-state index contributed by atoms with van der Waals surface area (Å²) in [5.74, 6) is 1.41. The van der Waals surface area contributed by atoms with Crippen LogP contribution in [0.1, 0.15) is 25.0 Å². The molecule has 0 radical (unpaired) electrons. The molecule has 28 heavy (non-hydrogen) atoms. The SMILES string of the molecule is CC(C)(c1ccc(OCC(O)CO)cc1)c1ccc(OCC(O)CCl)c(Br)c1. The van der Waals surface area contributed by atoms with E-state index in [4.69, 9.17) is 26.2 Å². The van der Waals surface area contributed by atoms with Crippen molar-refractivity contribution in [1.82, 2.24) is 0 Å². The largest absolute Gasteiger partial charge is 0.491 e. The van der Waals surface area contributed by atoms with Crippen molar-refractivity contribution < 1.29 is 24.8 Å². The first-order chi connectivity index (χ1) is 13.3. The number of aliphatic hydroxyl groups excluding tert-OH is 3. The van der Waals surface area contributed by atoms with Crippen LogP contribution in [0.3, 0.4) is 0 Å². The van der Waals surface area contributed by atoms with E-state index < -0.39 is 12.2 Å². The van der Waals surface area contributed by atoms with Crippen LogP contribution < -0.4 is 9.47 Å². The molecular formula is C21H26BrClO5. The molecule has 3 N–H and O–H groups in total. The quantitative estimate of drug-likeness (QED) is 0.460. The summed E-state index contributed by atoms with van der Waals surface area (Å²) in [5, 5.41) is 27.8. The Kier molecular flexibility index (Phi) is 8.58. The predicted molar refractivity (Wildman–Crippen MR) is 114 cm³/mol. The van der Waals surface area contributed by atoms with E-state index in [1.54, 1.807) is 0 Å². The summed E-state index contributed by atoms with van der Waals surface area (Å²) in [7, 11) is 0. The van der Waals surface area contributed by atoms with Crippen LogP contribution in [0.2, 0.25) is 0 Å². The highest BCUT2D eigenvalue weighted by molar-refractivity contribution is 9.10. The monoisotopic (exact) mass is 472 g/mol. The minimum absolute atomic E-state index is 0.0477. The highest BCUT2D eigenvalue weighted by atomic mass is 79.9. The van der Waals surface area contributed by atoms with Gasteiger partial charge in [0, 0.05) is 5.41 Å². The van der Waals surface area contributed by atoms with E-state index in [0.29, 0.717) is 11.5 Å². The number of aliphatic hydroxyl groups is 3. The molecular weight excluding hydrogens is 448 g/mol. The van der Waals surface area contributed by atoms with E-state index in [-0.39, 0.29) is 31.1 Å². The van der Waals surface area contributed by atoms with Crippen molar-refractivity contribution in [2.45, 2.75) is 31.5 Å². The highest BCUT2D eigenvalue weighted by Gasteiger charge is 2.24. The Morgan fingerprint density at radius 3 is 2.14 bits per heavy atom. The molecule has 2 aromatic rings. The summed E-state index contributed by atoms with van der Waals surface area (Å²) in [6.45, 7) is 4.10. The van der Waals surface area contributed by atoms with Gasteiger partial charge in [0.05, 0.1) is 17.0 Å². The fraction of sp³-hybridized carbons (Fsp3) is 0.429. The zero-order valence-corrected chi connectivity index (χ0v) is 18.3. The van der Waals surface area contributed by atoms with E-state index in [2.05, 4.69) is 29.8 Å². The maximum atomic E-state index is 9.54. The van der Waals surface area contributed by atoms with Gasteiger partial charge in [-0.15, -0.1) is 11.6 Å². The number of rotatable bonds is 10. The van der Waals surface area contributed by atoms with Crippen molar-refractivity contribution in [1.29, 1.82) is 0 Å². The lowest BCUT2D eigenvalue weighted by atomic mass is 9.78. The zero-order valence-electron chi connectivity index (χ0n) is 15.9. The molecule has 2 aromatic carbocycles. The topological polar surface area (TPSA) is 79.2 Å². The minimum Gasteiger partial charge on any atom is -0.491 e. The van der Waals surface area contributed by atoms with Gasteiger partial charge in [0.15, 0.2) is 0 Å². The van der Waals surface area contributed by atoms with Gasteiger partial charge < -0.3 is 24.8 Å². The number of hydrogen-bond donors (Lipinski definition) is 3. The zero-order chi connectivity index (χ0) is 20.7. The van der Waals surface area contributed by atoms with Crippen LogP contribution in [0, 0.1) is 0 Å². The second-order valence-electron chi connectivity index (χ2n) is 7.06. The minimum atomic E-state index is -0.889. The molecule has 2 atom stereocenters. The molecule has 0 aliphatic heterocycles. The summed E-state index contributed by atoms with van der Waals surface area (Å²) in [5.41, 5.74) is 1.93. The molecule has 0 saturated carbocycles. The van der Waals surface area contributed by atoms with Crippen LogP contribution in [0.5, 0.6) is 11.5 Å². The summed E-state index contributed by atoms with van der Waals surface area (Å²) in [6, 6.07) is 13.5. The van der Waals surface area contributed by atoms with Crippen molar-refractivity contribution in [3.8, 4) is 11.5 Å². The summed E-state index contributed by atoms with van der Waals surface area (Å²) >= 11 is 9.12. The van der Waals surface area contributed by atoms with Gasteiger partial charge in [-0.25, -0.2) is 0 Å². The van der Waals surface area contributed by atoms with Crippen molar-refractivity contribution >= 4 is 27.5 Å². The molecule has 0 spiro atoms. The molecule has 154 valence electrons. The number of halogens is 2. The lowest BCUT2D eigenvalue weighted by molar-refractivity contribution is 0.0536. The van der Waals surface area contributed by atoms with E-state index in [9.17, 15) is 10.2 Å². The Bertz CT molecular complexity index is 751. The third kappa shape index (κ3) is 6.09. The Morgan fingerprint density at radius 1 is 0.964 bits per heavy atom. The lowest BCUT2D eigenvalue weighted by Gasteiger charge is -2.27. The summed E-state index contributed by atoms with van der Waals surface area (Å²) in [4.78, 5) is 0. The summed E-state index contributed by atoms with van der Waals surface area (Å²) < 4.78 is 11.9. The van der Waals surface area contributed by atoms with Crippen LogP contribution in [-0.4, -0.2) is 53.2 Å². The molecule has 0 bridgehead atoms. The number of benzene rings is 2. The van der Waals surface area contributed by atoms with E-state index in [1.165, 1.54) is 0 Å². The Hall–Kier alpha value is -1.31. The standard InChI is InChI=1S/C21H26BrClO5/c1-21(2,14-3-6-18(7-4-14)27-13-17(26)11-24)15-5-8-20(19(22)9-15)28-12-16(25)10-23/h3-9,16-17,24-26H,10-13H2,1-2H3. The normalized spacial score (nSPS) is 13.8. The number of alkyl halides is 1. The molecule has 2 rings (SSSR count). The fourth-order valence-electron chi connectivity index (χ4n) is 2.62. The molecule has 0 heterocycles. The van der Waals surface area contributed by atoms with Crippen molar-refractivity contribution in [3.05, 3.63) is 58.1 Å². The first-order valence-electron chi connectivity index (χ1n) is 8.97. The van der Waals surface area contributed by atoms with E-state index >= 15 is 0 Å². The molecule has 0 aromatic heterocycles. The van der Waals surface area contributed by atoms with Gasteiger partial charge >= 0.3 is 0 Å². The van der Waals surface area contributed by atoms with Crippen molar-refractivity contribution in [3.63, 3.8) is 0 Å².